The van der Waals surface area contributed by atoms with Crippen LogP contribution in [0.5, 0.6) is 5.75 Å². The van der Waals surface area contributed by atoms with E-state index in [2.05, 4.69) is 45.0 Å². The van der Waals surface area contributed by atoms with Crippen molar-refractivity contribution >= 4 is 23.4 Å². The minimum absolute atomic E-state index is 0.136. The Kier molecular flexibility index (Phi) is 8.14. The van der Waals surface area contributed by atoms with Gasteiger partial charge >= 0.3 is 0 Å². The third kappa shape index (κ3) is 6.25. The number of hydrogen-bond donors (Lipinski definition) is 1. The van der Waals surface area contributed by atoms with E-state index < -0.39 is 0 Å². The number of carbonyl (C=O) groups excluding carboxylic acids is 1. The van der Waals surface area contributed by atoms with Gasteiger partial charge in [0, 0.05) is 11.3 Å². The summed E-state index contributed by atoms with van der Waals surface area (Å²) in [4.78, 5) is 12.7. The van der Waals surface area contributed by atoms with Crippen LogP contribution in [0.1, 0.15) is 12.5 Å². The summed E-state index contributed by atoms with van der Waals surface area (Å²) in [5.41, 5.74) is 8.41. The van der Waals surface area contributed by atoms with Gasteiger partial charge in [0.05, 0.1) is 18.6 Å². The topological polar surface area (TPSA) is 81.4 Å². The first-order valence-electron chi connectivity index (χ1n) is 12.4. The third-order valence-electron chi connectivity index (χ3n) is 6.09. The van der Waals surface area contributed by atoms with E-state index in [0.29, 0.717) is 11.0 Å². The van der Waals surface area contributed by atoms with Crippen molar-refractivity contribution in [2.24, 2.45) is 5.10 Å². The molecule has 0 saturated heterocycles. The fourth-order valence-corrected chi connectivity index (χ4v) is 4.75. The molecule has 1 amide bonds. The number of carbonyl (C=O) groups is 1. The van der Waals surface area contributed by atoms with E-state index in [1.807, 2.05) is 96.4 Å². The zero-order valence-electron chi connectivity index (χ0n) is 21.6. The molecule has 0 spiro atoms. The zero-order valence-corrected chi connectivity index (χ0v) is 22.4. The van der Waals surface area contributed by atoms with Crippen molar-refractivity contribution in [3.8, 4) is 34.0 Å². The lowest BCUT2D eigenvalue weighted by molar-refractivity contribution is -0.118. The predicted octanol–water partition coefficient (Wildman–Crippen LogP) is 6.24. The van der Waals surface area contributed by atoms with Gasteiger partial charge in [0.15, 0.2) is 11.0 Å². The Morgan fingerprint density at radius 3 is 2.10 bits per heavy atom. The summed E-state index contributed by atoms with van der Waals surface area (Å²) < 4.78 is 7.23. The Bertz CT molecular complexity index is 1570. The van der Waals surface area contributed by atoms with Crippen molar-refractivity contribution in [2.45, 2.75) is 12.1 Å². The molecule has 0 atom stereocenters. The molecule has 0 fully saturated rings. The molecule has 4 aromatic carbocycles. The normalized spacial score (nSPS) is 11.3. The Hall–Kier alpha value is -4.69. The number of rotatable bonds is 9. The van der Waals surface area contributed by atoms with Gasteiger partial charge in [-0.25, -0.2) is 5.43 Å². The van der Waals surface area contributed by atoms with Crippen LogP contribution in [0.15, 0.2) is 119 Å². The van der Waals surface area contributed by atoms with E-state index >= 15 is 0 Å². The van der Waals surface area contributed by atoms with Gasteiger partial charge < -0.3 is 4.74 Å². The van der Waals surface area contributed by atoms with Crippen LogP contribution in [0.3, 0.4) is 0 Å². The molecule has 8 heteroatoms. The molecule has 1 heterocycles. The first kappa shape index (κ1) is 25.9. The van der Waals surface area contributed by atoms with Crippen molar-refractivity contribution in [2.75, 3.05) is 12.9 Å². The summed E-state index contributed by atoms with van der Waals surface area (Å²) in [7, 11) is 1.63. The highest BCUT2D eigenvalue weighted by Gasteiger charge is 2.17. The monoisotopic (exact) mass is 533 g/mol. The zero-order chi connectivity index (χ0) is 27.0. The number of thioether (sulfide) groups is 1. The molecule has 0 bridgehead atoms. The Balaban J connectivity index is 1.27. The molecule has 194 valence electrons. The van der Waals surface area contributed by atoms with Gasteiger partial charge in [-0.05, 0) is 60.0 Å². The molecular formula is C31H27N5O2S. The minimum atomic E-state index is -0.228. The summed E-state index contributed by atoms with van der Waals surface area (Å²) in [6, 6.07) is 35.8. The average molecular weight is 534 g/mol. The van der Waals surface area contributed by atoms with Gasteiger partial charge in [-0.2, -0.15) is 5.10 Å². The second kappa shape index (κ2) is 12.2. The molecule has 39 heavy (non-hydrogen) atoms. The number of amides is 1. The number of aromatic nitrogens is 3. The molecule has 1 N–H and O–H groups in total. The largest absolute Gasteiger partial charge is 0.497 e. The van der Waals surface area contributed by atoms with Gasteiger partial charge in [0.1, 0.15) is 5.75 Å². The third-order valence-corrected chi connectivity index (χ3v) is 7.02. The van der Waals surface area contributed by atoms with Crippen LogP contribution in [-0.4, -0.2) is 39.2 Å². The lowest BCUT2D eigenvalue weighted by atomic mass is 10.0. The first-order chi connectivity index (χ1) is 19.1. The van der Waals surface area contributed by atoms with Gasteiger partial charge in [0.2, 0.25) is 0 Å². The first-order valence-corrected chi connectivity index (χ1v) is 13.4. The summed E-state index contributed by atoms with van der Waals surface area (Å²) in [5, 5.41) is 13.7. The highest BCUT2D eigenvalue weighted by atomic mass is 32.2. The summed E-state index contributed by atoms with van der Waals surface area (Å²) in [6.45, 7) is 1.87. The molecule has 5 rings (SSSR count). The Morgan fingerprint density at radius 1 is 0.821 bits per heavy atom. The van der Waals surface area contributed by atoms with Crippen molar-refractivity contribution < 1.29 is 9.53 Å². The molecule has 0 aliphatic heterocycles. The lowest BCUT2D eigenvalue weighted by Crippen LogP contribution is -2.21. The Morgan fingerprint density at radius 2 is 1.44 bits per heavy atom. The summed E-state index contributed by atoms with van der Waals surface area (Å²) in [5.74, 6) is 1.35. The van der Waals surface area contributed by atoms with E-state index in [1.165, 1.54) is 11.8 Å². The van der Waals surface area contributed by atoms with Crippen LogP contribution in [0, 0.1) is 0 Å². The van der Waals surface area contributed by atoms with Crippen LogP contribution < -0.4 is 10.2 Å². The lowest BCUT2D eigenvalue weighted by Gasteiger charge is -2.10. The van der Waals surface area contributed by atoms with Crippen LogP contribution in [0.4, 0.5) is 0 Å². The number of nitrogens with one attached hydrogen (secondary N) is 1. The van der Waals surface area contributed by atoms with E-state index in [-0.39, 0.29) is 11.7 Å². The van der Waals surface area contributed by atoms with Crippen molar-refractivity contribution in [3.63, 3.8) is 0 Å². The average Bonchev–Trinajstić information content (AvgIpc) is 3.44. The fraction of sp³-hybridized carbons (Fsp3) is 0.0968. The number of ether oxygens (including phenoxy) is 1. The molecule has 5 aromatic rings. The van der Waals surface area contributed by atoms with Crippen LogP contribution in [-0.2, 0) is 4.79 Å². The maximum atomic E-state index is 12.7. The van der Waals surface area contributed by atoms with E-state index in [1.54, 1.807) is 7.11 Å². The van der Waals surface area contributed by atoms with Gasteiger partial charge in [0.25, 0.3) is 5.91 Å². The maximum absolute atomic E-state index is 12.7. The molecule has 7 nitrogen and oxygen atoms in total. The number of para-hydroxylation sites is 1. The van der Waals surface area contributed by atoms with E-state index in [9.17, 15) is 4.79 Å². The number of hydrazone groups is 1. The molecule has 0 unspecified atom stereocenters. The smallest absolute Gasteiger partial charge is 0.250 e. The van der Waals surface area contributed by atoms with Crippen LogP contribution in [0.2, 0.25) is 0 Å². The molecule has 0 aliphatic rings. The maximum Gasteiger partial charge on any atom is 0.250 e. The van der Waals surface area contributed by atoms with E-state index in [0.717, 1.165) is 39.4 Å². The number of benzene rings is 4. The predicted molar refractivity (Wildman–Crippen MR) is 156 cm³/mol. The Labute approximate surface area is 231 Å². The van der Waals surface area contributed by atoms with E-state index in [4.69, 9.17) is 4.74 Å². The number of nitrogens with zero attached hydrogens (tertiary/aromatic N) is 4. The fourth-order valence-electron chi connectivity index (χ4n) is 4.01. The van der Waals surface area contributed by atoms with Gasteiger partial charge in [-0.3, -0.25) is 9.36 Å². The minimum Gasteiger partial charge on any atom is -0.497 e. The standard InChI is InChI=1S/C31H27N5O2S/c1-22(23-13-15-25(16-14-23)24-9-5-3-6-10-24)32-33-29(37)21-39-31-35-34-30(26-17-19-28(38-2)20-18-26)36(31)27-11-7-4-8-12-27/h3-20H,21H2,1-2H3,(H,33,37)/b32-22+. The van der Waals surface area contributed by atoms with Crippen LogP contribution in [0.25, 0.3) is 28.2 Å². The van der Waals surface area contributed by atoms with Crippen molar-refractivity contribution in [1.82, 2.24) is 20.2 Å². The summed E-state index contributed by atoms with van der Waals surface area (Å²) in [6.07, 6.45) is 0. The van der Waals surface area contributed by atoms with Gasteiger partial charge in [-0.15, -0.1) is 10.2 Å². The quantitative estimate of drug-likeness (QED) is 0.138. The number of hydrogen-bond acceptors (Lipinski definition) is 6. The molecule has 0 radical (unpaired) electrons. The highest BCUT2D eigenvalue weighted by Crippen LogP contribution is 2.29. The SMILES string of the molecule is COc1ccc(-c2nnc(SCC(=O)N/N=C(\C)c3ccc(-c4ccccc4)cc3)n2-c2ccccc2)cc1. The molecular weight excluding hydrogens is 506 g/mol. The van der Waals surface area contributed by atoms with Crippen LogP contribution >= 0.6 is 11.8 Å². The second-order valence-electron chi connectivity index (χ2n) is 8.67. The molecule has 0 saturated carbocycles. The second-order valence-corrected chi connectivity index (χ2v) is 9.61. The summed E-state index contributed by atoms with van der Waals surface area (Å²) >= 11 is 1.30. The highest BCUT2D eigenvalue weighted by molar-refractivity contribution is 7.99. The molecule has 1 aromatic heterocycles. The van der Waals surface area contributed by atoms with Gasteiger partial charge in [-0.1, -0.05) is 84.6 Å². The van der Waals surface area contributed by atoms with Crippen molar-refractivity contribution in [3.05, 3.63) is 115 Å². The number of methoxy groups -OCH3 is 1. The van der Waals surface area contributed by atoms with Crippen molar-refractivity contribution in [1.29, 1.82) is 0 Å². The molecule has 0 aliphatic carbocycles.